The van der Waals surface area contributed by atoms with Gasteiger partial charge in [-0.05, 0) is 0 Å². The van der Waals surface area contributed by atoms with E-state index in [1.807, 2.05) is 91.0 Å². The van der Waals surface area contributed by atoms with Gasteiger partial charge in [0.15, 0.2) is 10.8 Å². The predicted molar refractivity (Wildman–Crippen MR) is 173 cm³/mol. The van der Waals surface area contributed by atoms with Crippen LogP contribution in [0, 0.1) is 0 Å². The SMILES string of the molecule is C=CC1=C(C(=O)O)N2C(=O)CC2SC1NC(=O)C(=NOC(c1ccccc1)(c1ccccc1)c1ccccc1)c1csc(N)n1. The summed E-state index contributed by atoms with van der Waals surface area (Å²) in [5, 5.41) is 17.9. The molecule has 1 aromatic heterocycles. The number of nitrogens with one attached hydrogen (secondary N) is 1. The van der Waals surface area contributed by atoms with Crippen LogP contribution in [-0.4, -0.2) is 49.2 Å². The Morgan fingerprint density at radius 1 is 1.02 bits per heavy atom. The largest absolute Gasteiger partial charge is 0.477 e. The number of nitrogens with two attached hydrogens (primary N) is 1. The molecule has 12 heteroatoms. The van der Waals surface area contributed by atoms with Crippen molar-refractivity contribution in [3.05, 3.63) is 143 Å². The van der Waals surface area contributed by atoms with E-state index in [9.17, 15) is 19.5 Å². The lowest BCUT2D eigenvalue weighted by atomic mass is 9.80. The molecule has 45 heavy (non-hydrogen) atoms. The van der Waals surface area contributed by atoms with Crippen LogP contribution in [0.2, 0.25) is 0 Å². The Balaban J connectivity index is 1.46. The van der Waals surface area contributed by atoms with Gasteiger partial charge in [-0.25, -0.2) is 9.78 Å². The van der Waals surface area contributed by atoms with Gasteiger partial charge in [0, 0.05) is 27.6 Å². The van der Waals surface area contributed by atoms with E-state index in [0.717, 1.165) is 28.0 Å². The van der Waals surface area contributed by atoms with E-state index in [4.69, 9.17) is 10.6 Å². The van der Waals surface area contributed by atoms with Crippen LogP contribution in [-0.2, 0) is 24.8 Å². The minimum absolute atomic E-state index is 0.151. The maximum absolute atomic E-state index is 14.1. The van der Waals surface area contributed by atoms with E-state index in [1.165, 1.54) is 22.7 Å². The predicted octanol–water partition coefficient (Wildman–Crippen LogP) is 4.71. The Labute approximate surface area is 266 Å². The fraction of sp³-hybridized carbons (Fsp3) is 0.121. The van der Waals surface area contributed by atoms with Gasteiger partial charge in [-0.2, -0.15) is 0 Å². The van der Waals surface area contributed by atoms with E-state index in [-0.39, 0.29) is 40.1 Å². The molecule has 226 valence electrons. The van der Waals surface area contributed by atoms with Crippen LogP contribution in [0.25, 0.3) is 0 Å². The second-order valence-corrected chi connectivity index (χ2v) is 12.3. The maximum Gasteiger partial charge on any atom is 0.353 e. The van der Waals surface area contributed by atoms with E-state index in [1.54, 1.807) is 5.38 Å². The lowest BCUT2D eigenvalue weighted by molar-refractivity contribution is -0.146. The third-order valence-corrected chi connectivity index (χ3v) is 9.48. The number of thioether (sulfide) groups is 1. The van der Waals surface area contributed by atoms with Crippen LogP contribution in [0.4, 0.5) is 5.13 Å². The molecule has 6 rings (SSSR count). The summed E-state index contributed by atoms with van der Waals surface area (Å²) in [5.74, 6) is -2.27. The number of amides is 2. The number of rotatable bonds is 10. The van der Waals surface area contributed by atoms with Crippen molar-refractivity contribution in [2.75, 3.05) is 5.73 Å². The highest BCUT2D eigenvalue weighted by atomic mass is 32.2. The van der Waals surface area contributed by atoms with Crippen LogP contribution in [0.1, 0.15) is 28.8 Å². The summed E-state index contributed by atoms with van der Waals surface area (Å²) in [6, 6.07) is 28.7. The fourth-order valence-electron chi connectivity index (χ4n) is 5.38. The molecule has 4 aromatic rings. The number of nitrogens with zero attached hydrogens (tertiary/aromatic N) is 3. The van der Waals surface area contributed by atoms with Crippen LogP contribution in [0.5, 0.6) is 0 Å². The Morgan fingerprint density at radius 2 is 1.58 bits per heavy atom. The molecule has 3 aromatic carbocycles. The molecule has 0 saturated carbocycles. The fourth-order valence-corrected chi connectivity index (χ4v) is 7.35. The first-order valence-electron chi connectivity index (χ1n) is 13.9. The highest BCUT2D eigenvalue weighted by molar-refractivity contribution is 8.00. The number of thiazole rings is 1. The number of hydrogen-bond acceptors (Lipinski definition) is 9. The number of nitrogen functional groups attached to an aromatic ring is 1. The summed E-state index contributed by atoms with van der Waals surface area (Å²) < 4.78 is 0. The highest BCUT2D eigenvalue weighted by Crippen LogP contribution is 2.44. The molecule has 0 aliphatic carbocycles. The molecular weight excluding hydrogens is 611 g/mol. The summed E-state index contributed by atoms with van der Waals surface area (Å²) >= 11 is 2.38. The minimum atomic E-state index is -1.29. The van der Waals surface area contributed by atoms with Crippen molar-refractivity contribution < 1.29 is 24.3 Å². The molecule has 0 bridgehead atoms. The lowest BCUT2D eigenvalue weighted by Gasteiger charge is -2.46. The van der Waals surface area contributed by atoms with E-state index in [2.05, 4.69) is 22.0 Å². The second kappa shape index (κ2) is 12.4. The van der Waals surface area contributed by atoms with Gasteiger partial charge in [0.2, 0.25) is 11.5 Å². The minimum Gasteiger partial charge on any atom is -0.477 e. The Bertz CT molecular complexity index is 1730. The van der Waals surface area contributed by atoms with Gasteiger partial charge < -0.3 is 21.0 Å². The quantitative estimate of drug-likeness (QED) is 0.0981. The van der Waals surface area contributed by atoms with Crippen molar-refractivity contribution in [2.45, 2.75) is 22.8 Å². The highest BCUT2D eigenvalue weighted by Gasteiger charge is 2.48. The second-order valence-electron chi connectivity index (χ2n) is 10.1. The van der Waals surface area contributed by atoms with Gasteiger partial charge in [0.05, 0.1) is 11.8 Å². The summed E-state index contributed by atoms with van der Waals surface area (Å²) in [6.07, 6.45) is 1.49. The molecule has 2 aliphatic heterocycles. The summed E-state index contributed by atoms with van der Waals surface area (Å²) in [4.78, 5) is 50.6. The van der Waals surface area contributed by atoms with Gasteiger partial charge in [0.25, 0.3) is 5.91 Å². The first-order chi connectivity index (χ1) is 21.8. The molecule has 10 nitrogen and oxygen atoms in total. The van der Waals surface area contributed by atoms with Gasteiger partial charge in [-0.15, -0.1) is 23.1 Å². The molecule has 0 radical (unpaired) electrons. The Kier molecular flexibility index (Phi) is 8.24. The Hall–Kier alpha value is -5.20. The maximum atomic E-state index is 14.1. The third kappa shape index (κ3) is 5.49. The monoisotopic (exact) mass is 637 g/mol. The smallest absolute Gasteiger partial charge is 0.353 e. The molecule has 4 N–H and O–H groups in total. The topological polar surface area (TPSA) is 147 Å². The van der Waals surface area contributed by atoms with E-state index in [0.29, 0.717) is 0 Å². The number of aromatic nitrogens is 1. The van der Waals surface area contributed by atoms with Crippen molar-refractivity contribution in [1.82, 2.24) is 15.2 Å². The number of aliphatic carboxylic acids is 1. The molecule has 2 amide bonds. The molecule has 1 saturated heterocycles. The van der Waals surface area contributed by atoms with Gasteiger partial charge in [0.1, 0.15) is 16.8 Å². The van der Waals surface area contributed by atoms with Crippen molar-refractivity contribution in [3.8, 4) is 0 Å². The number of carboxylic acid groups (broad SMARTS) is 1. The average Bonchev–Trinajstić information content (AvgIpc) is 3.49. The van der Waals surface area contributed by atoms with Crippen molar-refractivity contribution >= 4 is 51.7 Å². The summed E-state index contributed by atoms with van der Waals surface area (Å²) in [5.41, 5.74) is 6.99. The number of carboxylic acids is 1. The first kappa shape index (κ1) is 29.9. The van der Waals surface area contributed by atoms with Gasteiger partial charge in [-0.1, -0.05) is 109 Å². The van der Waals surface area contributed by atoms with Gasteiger partial charge >= 0.3 is 5.97 Å². The van der Waals surface area contributed by atoms with Crippen molar-refractivity contribution in [1.29, 1.82) is 0 Å². The molecule has 0 spiro atoms. The number of benzene rings is 3. The first-order valence-corrected chi connectivity index (χ1v) is 15.7. The van der Waals surface area contributed by atoms with Crippen molar-refractivity contribution in [3.63, 3.8) is 0 Å². The number of anilines is 1. The number of oxime groups is 1. The lowest BCUT2D eigenvalue weighted by Crippen LogP contribution is -2.57. The zero-order chi connectivity index (χ0) is 31.6. The summed E-state index contributed by atoms with van der Waals surface area (Å²) in [7, 11) is 0. The van der Waals surface area contributed by atoms with E-state index < -0.39 is 28.2 Å². The molecule has 2 unspecified atom stereocenters. The van der Waals surface area contributed by atoms with Crippen LogP contribution in [0.15, 0.2) is 125 Å². The average molecular weight is 638 g/mol. The number of carbonyl (C=O) groups excluding carboxylic acids is 2. The van der Waals surface area contributed by atoms with Crippen LogP contribution in [0.3, 0.4) is 0 Å². The van der Waals surface area contributed by atoms with Crippen LogP contribution < -0.4 is 11.1 Å². The van der Waals surface area contributed by atoms with Gasteiger partial charge in [-0.3, -0.25) is 14.5 Å². The molecular formula is C33H27N5O5S2. The van der Waals surface area contributed by atoms with Crippen molar-refractivity contribution in [2.24, 2.45) is 5.16 Å². The third-order valence-electron chi connectivity index (χ3n) is 7.48. The molecule has 2 atom stereocenters. The Morgan fingerprint density at radius 3 is 2.02 bits per heavy atom. The molecule has 3 heterocycles. The number of hydrogen-bond donors (Lipinski definition) is 3. The van der Waals surface area contributed by atoms with E-state index >= 15 is 0 Å². The summed E-state index contributed by atoms with van der Waals surface area (Å²) in [6.45, 7) is 3.75. The number of carbonyl (C=O) groups is 3. The molecule has 2 aliphatic rings. The van der Waals surface area contributed by atoms with Crippen LogP contribution >= 0.6 is 23.1 Å². The number of fused-ring (bicyclic) bond motifs is 1. The molecule has 1 fully saturated rings. The standard InChI is InChI=1S/C33H27N5O5S2/c1-2-23-28(31(41)42)38-25(39)18-26(38)45-30(23)36-29(40)27(24-19-44-32(34)35-24)37-43-33(20-12-6-3-7-13-20,21-14-8-4-9-15-21)22-16-10-5-11-17-22/h2-17,19,26,30H,1,18H2,(H2,34,35)(H,36,40)(H,41,42). The normalized spacial score (nSPS) is 18.1. The number of β-lactam (4-membered cyclic amide) rings is 1. The zero-order valence-electron chi connectivity index (χ0n) is 23.7. The zero-order valence-corrected chi connectivity index (χ0v) is 25.3.